The first-order valence-corrected chi connectivity index (χ1v) is 7.15. The molecule has 2 heterocycles. The van der Waals surface area contributed by atoms with Crippen molar-refractivity contribution in [3.05, 3.63) is 21.9 Å². The van der Waals surface area contributed by atoms with Crippen molar-refractivity contribution in [3.8, 4) is 0 Å². The number of nitrogens with two attached hydrogens (primary N) is 1. The molecule has 0 spiro atoms. The van der Waals surface area contributed by atoms with Crippen LogP contribution in [0, 0.1) is 6.92 Å². The Morgan fingerprint density at radius 1 is 1.47 bits per heavy atom. The van der Waals surface area contributed by atoms with Gasteiger partial charge in [-0.3, -0.25) is 9.69 Å². The summed E-state index contributed by atoms with van der Waals surface area (Å²) in [6.07, 6.45) is 0.571. The van der Waals surface area contributed by atoms with E-state index in [0.29, 0.717) is 6.42 Å². The standard InChI is InChI=1S/C13H19N3O2S/c1-4-13(3)11(17)16(12(18)15-13)7-9(14)10-6-5-8(2)19-10/h5-6,9H,4,7,14H2,1-3H3,(H,15,18). The Labute approximate surface area is 116 Å². The molecule has 19 heavy (non-hydrogen) atoms. The van der Waals surface area contributed by atoms with Gasteiger partial charge in [-0.15, -0.1) is 11.3 Å². The van der Waals surface area contributed by atoms with E-state index in [-0.39, 0.29) is 24.5 Å². The number of carbonyl (C=O) groups is 2. The van der Waals surface area contributed by atoms with Gasteiger partial charge < -0.3 is 11.1 Å². The number of nitrogens with one attached hydrogen (secondary N) is 1. The maximum Gasteiger partial charge on any atom is 0.325 e. The highest BCUT2D eigenvalue weighted by Gasteiger charge is 2.46. The van der Waals surface area contributed by atoms with E-state index in [0.717, 1.165) is 4.88 Å². The quantitative estimate of drug-likeness (QED) is 0.826. The fourth-order valence-corrected chi connectivity index (χ4v) is 2.96. The van der Waals surface area contributed by atoms with Gasteiger partial charge in [-0.2, -0.15) is 0 Å². The lowest BCUT2D eigenvalue weighted by Gasteiger charge is -2.21. The van der Waals surface area contributed by atoms with Crippen LogP contribution in [-0.2, 0) is 4.79 Å². The molecule has 0 bridgehead atoms. The smallest absolute Gasteiger partial charge is 0.323 e. The summed E-state index contributed by atoms with van der Waals surface area (Å²) in [7, 11) is 0. The highest BCUT2D eigenvalue weighted by atomic mass is 32.1. The van der Waals surface area contributed by atoms with Crippen molar-refractivity contribution < 1.29 is 9.59 Å². The third kappa shape index (κ3) is 2.50. The lowest BCUT2D eigenvalue weighted by Crippen LogP contribution is -2.43. The van der Waals surface area contributed by atoms with Gasteiger partial charge in [0.2, 0.25) is 0 Å². The van der Waals surface area contributed by atoms with E-state index in [1.54, 1.807) is 18.3 Å². The number of carbonyl (C=O) groups excluding carboxylic acids is 2. The third-order valence-electron chi connectivity index (χ3n) is 3.56. The fourth-order valence-electron chi connectivity index (χ4n) is 2.09. The molecule has 0 aliphatic carbocycles. The minimum absolute atomic E-state index is 0.191. The van der Waals surface area contributed by atoms with Crippen molar-refractivity contribution in [1.29, 1.82) is 0 Å². The molecule has 1 aliphatic heterocycles. The number of rotatable bonds is 4. The van der Waals surface area contributed by atoms with Crippen molar-refractivity contribution in [1.82, 2.24) is 10.2 Å². The first-order valence-electron chi connectivity index (χ1n) is 6.33. The summed E-state index contributed by atoms with van der Waals surface area (Å²) in [5.41, 5.74) is 5.29. The van der Waals surface area contributed by atoms with Crippen LogP contribution in [0.2, 0.25) is 0 Å². The molecule has 1 aromatic rings. The van der Waals surface area contributed by atoms with E-state index in [1.165, 1.54) is 9.78 Å². The summed E-state index contributed by atoms with van der Waals surface area (Å²) in [5, 5.41) is 2.73. The van der Waals surface area contributed by atoms with Gasteiger partial charge in [0.15, 0.2) is 0 Å². The number of thiophene rings is 1. The highest BCUT2D eigenvalue weighted by molar-refractivity contribution is 7.12. The van der Waals surface area contributed by atoms with E-state index >= 15 is 0 Å². The van der Waals surface area contributed by atoms with Crippen LogP contribution in [0.15, 0.2) is 12.1 Å². The maximum atomic E-state index is 12.2. The molecule has 1 aliphatic rings. The lowest BCUT2D eigenvalue weighted by molar-refractivity contribution is -0.131. The number of amides is 3. The molecule has 104 valence electrons. The number of hydrogen-bond donors (Lipinski definition) is 2. The third-order valence-corrected chi connectivity index (χ3v) is 4.69. The Hall–Kier alpha value is -1.40. The number of imide groups is 1. The summed E-state index contributed by atoms with van der Waals surface area (Å²) in [6.45, 7) is 5.85. The van der Waals surface area contributed by atoms with Crippen molar-refractivity contribution >= 4 is 23.3 Å². The van der Waals surface area contributed by atoms with Crippen LogP contribution in [0.4, 0.5) is 4.79 Å². The Bertz CT molecular complexity index is 514. The predicted molar refractivity (Wildman–Crippen MR) is 74.9 cm³/mol. The molecule has 3 N–H and O–H groups in total. The van der Waals surface area contributed by atoms with Crippen molar-refractivity contribution in [3.63, 3.8) is 0 Å². The van der Waals surface area contributed by atoms with E-state index < -0.39 is 5.54 Å². The van der Waals surface area contributed by atoms with Gasteiger partial charge in [0.1, 0.15) is 5.54 Å². The van der Waals surface area contributed by atoms with Gasteiger partial charge in [-0.25, -0.2) is 4.79 Å². The molecule has 3 amide bonds. The van der Waals surface area contributed by atoms with Crippen LogP contribution in [-0.4, -0.2) is 28.9 Å². The van der Waals surface area contributed by atoms with Crippen LogP contribution in [0.1, 0.15) is 36.1 Å². The number of nitrogens with zero attached hydrogens (tertiary/aromatic N) is 1. The molecular formula is C13H19N3O2S. The monoisotopic (exact) mass is 281 g/mol. The number of aryl methyl sites for hydroxylation is 1. The second-order valence-corrected chi connectivity index (χ2v) is 6.41. The molecule has 1 aromatic heterocycles. The number of urea groups is 1. The van der Waals surface area contributed by atoms with Crippen LogP contribution in [0.3, 0.4) is 0 Å². The Kier molecular flexibility index (Phi) is 3.64. The molecule has 0 aromatic carbocycles. The highest BCUT2D eigenvalue weighted by Crippen LogP contribution is 2.25. The molecule has 2 unspecified atom stereocenters. The topological polar surface area (TPSA) is 75.4 Å². The van der Waals surface area contributed by atoms with Crippen molar-refractivity contribution in [2.75, 3.05) is 6.54 Å². The second kappa shape index (κ2) is 4.94. The molecule has 2 atom stereocenters. The lowest BCUT2D eigenvalue weighted by atomic mass is 9.99. The maximum absolute atomic E-state index is 12.2. The average Bonchev–Trinajstić information content (AvgIpc) is 2.88. The van der Waals surface area contributed by atoms with Gasteiger partial charge in [0.25, 0.3) is 5.91 Å². The largest absolute Gasteiger partial charge is 0.325 e. The van der Waals surface area contributed by atoms with Gasteiger partial charge in [-0.1, -0.05) is 6.92 Å². The molecular weight excluding hydrogens is 262 g/mol. The minimum Gasteiger partial charge on any atom is -0.323 e. The second-order valence-electron chi connectivity index (χ2n) is 5.09. The summed E-state index contributed by atoms with van der Waals surface area (Å²) in [4.78, 5) is 27.5. The minimum atomic E-state index is -0.790. The summed E-state index contributed by atoms with van der Waals surface area (Å²) in [6, 6.07) is 3.26. The van der Waals surface area contributed by atoms with Gasteiger partial charge in [-0.05, 0) is 32.4 Å². The summed E-state index contributed by atoms with van der Waals surface area (Å²) in [5.74, 6) is -0.191. The molecule has 6 heteroatoms. The van der Waals surface area contributed by atoms with Gasteiger partial charge in [0.05, 0.1) is 12.6 Å². The molecule has 1 saturated heterocycles. The molecule has 0 radical (unpaired) electrons. The first kappa shape index (κ1) is 14.0. The van der Waals surface area contributed by atoms with Crippen LogP contribution in [0.5, 0.6) is 0 Å². The molecule has 0 saturated carbocycles. The van der Waals surface area contributed by atoms with Gasteiger partial charge >= 0.3 is 6.03 Å². The SMILES string of the molecule is CCC1(C)NC(=O)N(CC(N)c2ccc(C)s2)C1=O. The van der Waals surface area contributed by atoms with Crippen molar-refractivity contribution in [2.24, 2.45) is 5.73 Å². The van der Waals surface area contributed by atoms with Crippen LogP contribution in [0.25, 0.3) is 0 Å². The summed E-state index contributed by atoms with van der Waals surface area (Å²) >= 11 is 1.59. The molecule has 5 nitrogen and oxygen atoms in total. The zero-order chi connectivity index (χ0) is 14.2. The zero-order valence-electron chi connectivity index (χ0n) is 11.4. The number of hydrogen-bond acceptors (Lipinski definition) is 4. The molecule has 1 fully saturated rings. The average molecular weight is 281 g/mol. The fraction of sp³-hybridized carbons (Fsp3) is 0.538. The predicted octanol–water partition coefficient (Wildman–Crippen LogP) is 1.78. The van der Waals surface area contributed by atoms with E-state index in [4.69, 9.17) is 5.73 Å². The first-order chi connectivity index (χ1) is 8.87. The molecule has 2 rings (SSSR count). The Morgan fingerprint density at radius 2 is 2.16 bits per heavy atom. The zero-order valence-corrected chi connectivity index (χ0v) is 12.2. The van der Waals surface area contributed by atoms with Crippen molar-refractivity contribution in [2.45, 2.75) is 38.8 Å². The Morgan fingerprint density at radius 3 is 2.63 bits per heavy atom. The normalized spacial score (nSPS) is 24.7. The van der Waals surface area contributed by atoms with Crippen LogP contribution < -0.4 is 11.1 Å². The van der Waals surface area contributed by atoms with E-state index in [1.807, 2.05) is 26.0 Å². The Balaban J connectivity index is 2.11. The van der Waals surface area contributed by atoms with Crippen LogP contribution >= 0.6 is 11.3 Å². The summed E-state index contributed by atoms with van der Waals surface area (Å²) < 4.78 is 0. The van der Waals surface area contributed by atoms with E-state index in [9.17, 15) is 9.59 Å². The van der Waals surface area contributed by atoms with E-state index in [2.05, 4.69) is 5.32 Å². The van der Waals surface area contributed by atoms with Gasteiger partial charge in [0, 0.05) is 9.75 Å².